The maximum Gasteiger partial charge on any atom is 0.338 e. The second-order valence-electron chi connectivity index (χ2n) is 30.6. The van der Waals surface area contributed by atoms with Crippen molar-refractivity contribution in [2.24, 2.45) is 0 Å². The van der Waals surface area contributed by atoms with E-state index in [0.29, 0.717) is 11.8 Å². The van der Waals surface area contributed by atoms with Crippen LogP contribution in [0.15, 0.2) is 255 Å². The van der Waals surface area contributed by atoms with Crippen molar-refractivity contribution in [3.8, 4) is 0 Å². The number of benzene rings is 9. The Balaban J connectivity index is 0.958. The van der Waals surface area contributed by atoms with Crippen molar-refractivity contribution >= 4 is 91.3 Å². The standard InChI is InChI=1S/C91H81N3O24SSi/c1-91(2,3)120(5,6)118-71-65(50-109-83(102)53-33-15-8-16-34-53)113-90(69(73(71)115-86(105)56-39-21-11-22-40-56)94-80(99)62-47-29-30-48-63(62)81(94)100)119-75-66(51-110-84(103)54-35-17-9-18-36-54)112-89(68(74(75)116-87(106)57-41-23-12-24-42-57)93-78(97)60-45-27-28-46-61(60)79(93)98)117-70-64(49-108-82(101)52-31-13-7-14-32-52)111-88(107-4)67(72(70)114-85(104)55-37-19-10-20-38-55)92-76(95)58-43-25-26-44-59(58)77(92)96/h7-48,64-75,88-90H,49-51H2,1-6H3. The van der Waals surface area contributed by atoms with E-state index in [4.69, 9.17) is 56.5 Å². The van der Waals surface area contributed by atoms with Crippen LogP contribution in [-0.2, 0) is 56.5 Å². The lowest BCUT2D eigenvalue weighted by Crippen LogP contribution is -2.71. The molecule has 9 aromatic rings. The van der Waals surface area contributed by atoms with Crippen molar-refractivity contribution < 1.29 is 114 Å². The van der Waals surface area contributed by atoms with E-state index in [1.165, 1.54) is 153 Å². The van der Waals surface area contributed by atoms with Crippen LogP contribution in [0.25, 0.3) is 0 Å². The highest BCUT2D eigenvalue weighted by Crippen LogP contribution is 2.49. The number of carbonyl (C=O) groups excluding carboxylic acids is 12. The van der Waals surface area contributed by atoms with Gasteiger partial charge in [-0.05, 0) is 127 Å². The molecule has 6 aliphatic heterocycles. The first-order chi connectivity index (χ1) is 57.9. The fourth-order valence-corrected chi connectivity index (χ4v) is 18.2. The van der Waals surface area contributed by atoms with E-state index >= 15 is 43.2 Å². The van der Waals surface area contributed by atoms with E-state index in [-0.39, 0.29) is 66.8 Å². The summed E-state index contributed by atoms with van der Waals surface area (Å²) >= 11 is 0.643. The largest absolute Gasteiger partial charge is 0.459 e. The van der Waals surface area contributed by atoms with Crippen LogP contribution in [0.2, 0.25) is 18.1 Å². The minimum Gasteiger partial charge on any atom is -0.459 e. The Bertz CT molecular complexity index is 5290. The van der Waals surface area contributed by atoms with E-state index in [1.54, 1.807) is 109 Å². The summed E-state index contributed by atoms with van der Waals surface area (Å²) in [6.07, 6.45) is -19.2. The van der Waals surface area contributed by atoms with E-state index in [0.717, 1.165) is 14.7 Å². The van der Waals surface area contributed by atoms with Gasteiger partial charge in [0.25, 0.3) is 35.4 Å². The van der Waals surface area contributed by atoms with Crippen molar-refractivity contribution in [2.45, 2.75) is 129 Å². The molecule has 0 N–H and O–H groups in total. The van der Waals surface area contributed by atoms with Crippen LogP contribution in [0.4, 0.5) is 0 Å². The fourth-order valence-electron chi connectivity index (χ4n) is 15.2. The summed E-state index contributed by atoms with van der Waals surface area (Å²) in [6.45, 7) is 7.12. The molecule has 614 valence electrons. The van der Waals surface area contributed by atoms with E-state index in [1.807, 2.05) is 33.9 Å². The molecular weight excluding hydrogens is 1580 g/mol. The molecule has 0 radical (unpaired) electrons. The normalized spacial score (nSPS) is 24.6. The highest BCUT2D eigenvalue weighted by molar-refractivity contribution is 8.00. The average molecular weight is 1660 g/mol. The maximum atomic E-state index is 16.1. The molecule has 0 bridgehead atoms. The van der Waals surface area contributed by atoms with Crippen LogP contribution in [-0.4, -0.2) is 211 Å². The van der Waals surface area contributed by atoms with Crippen LogP contribution < -0.4 is 0 Å². The second-order valence-corrected chi connectivity index (χ2v) is 36.6. The number of methoxy groups -OCH3 is 1. The Morgan fingerprint density at radius 1 is 0.342 bits per heavy atom. The van der Waals surface area contributed by atoms with Crippen molar-refractivity contribution in [3.63, 3.8) is 0 Å². The molecule has 9 aromatic carbocycles. The second kappa shape index (κ2) is 35.2. The molecule has 6 amide bonds. The molecule has 29 heteroatoms. The molecule has 0 aromatic heterocycles. The summed E-state index contributed by atoms with van der Waals surface area (Å²) in [4.78, 5) is 187. The number of esters is 6. The summed E-state index contributed by atoms with van der Waals surface area (Å²) in [5.41, 5.74) is -2.61. The number of carbonyl (C=O) groups is 12. The predicted octanol–water partition coefficient (Wildman–Crippen LogP) is 11.9. The Hall–Kier alpha value is -12.5. The first kappa shape index (κ1) is 82.6. The summed E-state index contributed by atoms with van der Waals surface area (Å²) in [5, 5.41) is -2.50. The average Bonchev–Trinajstić information content (AvgIpc) is 1.62. The minimum absolute atomic E-state index is 0.000877. The number of ether oxygens (including phenoxy) is 11. The lowest BCUT2D eigenvalue weighted by molar-refractivity contribution is -0.326. The molecule has 0 spiro atoms. The van der Waals surface area contributed by atoms with Gasteiger partial charge in [0.05, 0.1) is 72.0 Å². The highest BCUT2D eigenvalue weighted by atomic mass is 32.2. The molecule has 3 saturated heterocycles. The van der Waals surface area contributed by atoms with Gasteiger partial charge in [0.2, 0.25) is 0 Å². The van der Waals surface area contributed by atoms with Gasteiger partial charge in [-0.3, -0.25) is 43.5 Å². The Morgan fingerprint density at radius 3 is 0.950 bits per heavy atom. The van der Waals surface area contributed by atoms with Crippen molar-refractivity contribution in [1.82, 2.24) is 14.7 Å². The third-order valence-corrected chi connectivity index (χ3v) is 28.2. The number of hydrogen-bond acceptors (Lipinski definition) is 25. The Morgan fingerprint density at radius 2 is 0.617 bits per heavy atom. The predicted molar refractivity (Wildman–Crippen MR) is 431 cm³/mol. The third-order valence-electron chi connectivity index (χ3n) is 22.2. The quantitative estimate of drug-likeness (QED) is 0.0222. The lowest BCUT2D eigenvalue weighted by Gasteiger charge is -2.54. The number of nitrogens with zero attached hydrogens (tertiary/aromatic N) is 3. The Kier molecular flexibility index (Phi) is 24.3. The third kappa shape index (κ3) is 16.6. The van der Waals surface area contributed by atoms with Gasteiger partial charge in [0.15, 0.2) is 33.1 Å². The summed E-state index contributed by atoms with van der Waals surface area (Å²) in [5.74, 6) is -11.7. The van der Waals surface area contributed by atoms with E-state index in [2.05, 4.69) is 0 Å². The van der Waals surface area contributed by atoms with E-state index < -0.39 is 195 Å². The van der Waals surface area contributed by atoms with Gasteiger partial charge < -0.3 is 56.5 Å². The molecule has 15 rings (SSSR count). The SMILES string of the molecule is COC1OC(COC(=O)c2ccccc2)C(OC2OC(COC(=O)c3ccccc3)C(SC3OC(COC(=O)c4ccccc4)C(O[Si](C)(C)C(C)(C)C)C(OC(=O)c4ccccc4)C3N3C(=O)c4ccccc4C3=O)C(OC(=O)c3ccccc3)C2N2C(=O)c3ccccc3C2=O)C(OC(=O)c2ccccc2)C1N1C(=O)c2ccccc2C1=O. The molecule has 3 fully saturated rings. The van der Waals surface area contributed by atoms with Crippen molar-refractivity contribution in [2.75, 3.05) is 26.9 Å². The molecular formula is C91H81N3O24SSi. The van der Waals surface area contributed by atoms with E-state index in [9.17, 15) is 14.4 Å². The van der Waals surface area contributed by atoms with Gasteiger partial charge in [0, 0.05) is 7.11 Å². The number of rotatable bonds is 25. The molecule has 6 heterocycles. The maximum absolute atomic E-state index is 16.1. The first-order valence-corrected chi connectivity index (χ1v) is 42.6. The van der Waals surface area contributed by atoms with Gasteiger partial charge in [-0.25, -0.2) is 28.8 Å². The van der Waals surface area contributed by atoms with Crippen LogP contribution in [0.3, 0.4) is 0 Å². The van der Waals surface area contributed by atoms with Crippen LogP contribution in [0, 0.1) is 0 Å². The van der Waals surface area contributed by atoms with Crippen molar-refractivity contribution in [3.05, 3.63) is 322 Å². The van der Waals surface area contributed by atoms with Gasteiger partial charge >= 0.3 is 35.8 Å². The lowest BCUT2D eigenvalue weighted by atomic mass is 9.93. The zero-order chi connectivity index (χ0) is 84.3. The molecule has 27 nitrogen and oxygen atoms in total. The zero-order valence-corrected chi connectivity index (χ0v) is 67.4. The highest BCUT2D eigenvalue weighted by Gasteiger charge is 2.65. The minimum atomic E-state index is -3.29. The van der Waals surface area contributed by atoms with Gasteiger partial charge in [-0.1, -0.05) is 166 Å². The number of imide groups is 3. The molecule has 15 unspecified atom stereocenters. The zero-order valence-electron chi connectivity index (χ0n) is 65.6. The van der Waals surface area contributed by atoms with Gasteiger partial charge in [-0.15, -0.1) is 11.8 Å². The molecule has 0 saturated carbocycles. The Labute approximate surface area is 694 Å². The smallest absolute Gasteiger partial charge is 0.338 e. The van der Waals surface area contributed by atoms with Gasteiger partial charge in [-0.2, -0.15) is 0 Å². The number of thioether (sulfide) groups is 1. The molecule has 120 heavy (non-hydrogen) atoms. The molecule has 15 atom stereocenters. The van der Waals surface area contributed by atoms with Crippen LogP contribution in [0.1, 0.15) is 145 Å². The fraction of sp³-hybridized carbons (Fsp3) is 0.275. The van der Waals surface area contributed by atoms with Crippen LogP contribution >= 0.6 is 11.8 Å². The summed E-state index contributed by atoms with van der Waals surface area (Å²) in [7, 11) is -2.11. The monoisotopic (exact) mass is 1660 g/mol. The summed E-state index contributed by atoms with van der Waals surface area (Å²) in [6, 6.07) is 57.8. The summed E-state index contributed by atoms with van der Waals surface area (Å²) < 4.78 is 81.8. The number of hydrogen-bond donors (Lipinski definition) is 0. The van der Waals surface area contributed by atoms with Crippen LogP contribution in [0.5, 0.6) is 0 Å². The number of fused-ring (bicyclic) bond motifs is 3. The first-order valence-electron chi connectivity index (χ1n) is 38.7. The topological polar surface area (TPSA) is 325 Å². The van der Waals surface area contributed by atoms with Crippen molar-refractivity contribution in [1.29, 1.82) is 0 Å². The van der Waals surface area contributed by atoms with Gasteiger partial charge in [0.1, 0.15) is 80.0 Å². The molecule has 6 aliphatic rings. The number of amides is 6. The molecule has 0 aliphatic carbocycles.